The van der Waals surface area contributed by atoms with Crippen LogP contribution < -0.4 is 14.4 Å². The topological polar surface area (TPSA) is 76.1 Å². The minimum Gasteiger partial charge on any atom is -0.507 e. The van der Waals surface area contributed by atoms with Crippen molar-refractivity contribution >= 4 is 23.1 Å². The molecule has 0 aromatic heterocycles. The minimum absolute atomic E-state index is 0.000832. The fourth-order valence-corrected chi connectivity index (χ4v) is 4.54. The Labute approximate surface area is 211 Å². The molecular formula is C30H31NO5. The Hall–Kier alpha value is -4.06. The summed E-state index contributed by atoms with van der Waals surface area (Å²) in [5.41, 5.74) is 4.46. The number of nitrogens with zero attached hydrogens (tertiary/aromatic N) is 1. The molecule has 4 rings (SSSR count). The zero-order chi connectivity index (χ0) is 26.1. The Bertz CT molecular complexity index is 1370. The molecule has 186 valence electrons. The van der Waals surface area contributed by atoms with Crippen molar-refractivity contribution in [1.82, 2.24) is 0 Å². The molecule has 0 saturated carbocycles. The van der Waals surface area contributed by atoms with Crippen molar-refractivity contribution in [3.05, 3.63) is 94.1 Å². The summed E-state index contributed by atoms with van der Waals surface area (Å²) >= 11 is 0. The van der Waals surface area contributed by atoms with Gasteiger partial charge in [0.25, 0.3) is 11.7 Å². The minimum atomic E-state index is -0.826. The van der Waals surface area contributed by atoms with E-state index in [1.165, 1.54) is 4.90 Å². The predicted molar refractivity (Wildman–Crippen MR) is 141 cm³/mol. The standard InChI is InChI=1S/C30H31NO5/c1-17(2)36-25-14-13-22(15-19(25)4)28(32)26-27(21-10-8-11-23(16-21)35-6)31(30(34)29(26)33)24-12-7-9-18(3)20(24)5/h7-17,27,32H,1-6H3/b28-26+. The van der Waals surface area contributed by atoms with E-state index in [9.17, 15) is 14.7 Å². The molecular weight excluding hydrogens is 454 g/mol. The van der Waals surface area contributed by atoms with E-state index in [1.54, 1.807) is 43.5 Å². The Morgan fingerprint density at radius 3 is 2.33 bits per heavy atom. The van der Waals surface area contributed by atoms with Crippen molar-refractivity contribution in [2.75, 3.05) is 12.0 Å². The summed E-state index contributed by atoms with van der Waals surface area (Å²) in [7, 11) is 1.56. The fourth-order valence-electron chi connectivity index (χ4n) is 4.54. The van der Waals surface area contributed by atoms with Gasteiger partial charge in [-0.3, -0.25) is 14.5 Å². The summed E-state index contributed by atoms with van der Waals surface area (Å²) in [6, 6.07) is 17.3. The number of aliphatic hydroxyl groups excluding tert-OH is 1. The van der Waals surface area contributed by atoms with Crippen LogP contribution in [-0.4, -0.2) is 30.0 Å². The van der Waals surface area contributed by atoms with Gasteiger partial charge in [-0.1, -0.05) is 24.3 Å². The van der Waals surface area contributed by atoms with Crippen LogP contribution in [0, 0.1) is 20.8 Å². The normalized spacial score (nSPS) is 17.1. The summed E-state index contributed by atoms with van der Waals surface area (Å²) in [5, 5.41) is 11.5. The maximum atomic E-state index is 13.5. The third-order valence-electron chi connectivity index (χ3n) is 6.50. The number of methoxy groups -OCH3 is 1. The summed E-state index contributed by atoms with van der Waals surface area (Å²) in [4.78, 5) is 28.4. The number of amides is 1. The number of ketones is 1. The molecule has 1 aliphatic rings. The largest absolute Gasteiger partial charge is 0.507 e. The van der Waals surface area contributed by atoms with Gasteiger partial charge in [-0.2, -0.15) is 0 Å². The molecule has 0 radical (unpaired) electrons. The van der Waals surface area contributed by atoms with Crippen LogP contribution in [0.25, 0.3) is 5.76 Å². The van der Waals surface area contributed by atoms with Gasteiger partial charge in [-0.25, -0.2) is 0 Å². The highest BCUT2D eigenvalue weighted by molar-refractivity contribution is 6.51. The number of carbonyl (C=O) groups is 2. The van der Waals surface area contributed by atoms with E-state index in [0.29, 0.717) is 28.3 Å². The van der Waals surface area contributed by atoms with E-state index < -0.39 is 17.7 Å². The number of aliphatic hydroxyl groups is 1. The summed E-state index contributed by atoms with van der Waals surface area (Å²) in [6.45, 7) is 9.64. The molecule has 3 aromatic carbocycles. The van der Waals surface area contributed by atoms with Crippen molar-refractivity contribution in [2.24, 2.45) is 0 Å². The van der Waals surface area contributed by atoms with Gasteiger partial charge < -0.3 is 14.6 Å². The first-order valence-electron chi connectivity index (χ1n) is 11.9. The van der Waals surface area contributed by atoms with Crippen LogP contribution in [0.1, 0.15) is 47.7 Å². The van der Waals surface area contributed by atoms with Gasteiger partial charge in [0, 0.05) is 11.3 Å². The molecule has 0 bridgehead atoms. The molecule has 1 N–H and O–H groups in total. The zero-order valence-corrected chi connectivity index (χ0v) is 21.5. The van der Waals surface area contributed by atoms with Crippen LogP contribution in [0.3, 0.4) is 0 Å². The van der Waals surface area contributed by atoms with Crippen LogP contribution in [0.2, 0.25) is 0 Å². The van der Waals surface area contributed by atoms with Crippen molar-refractivity contribution in [1.29, 1.82) is 0 Å². The molecule has 6 nitrogen and oxygen atoms in total. The van der Waals surface area contributed by atoms with E-state index in [1.807, 2.05) is 58.9 Å². The lowest BCUT2D eigenvalue weighted by Gasteiger charge is -2.27. The number of benzene rings is 3. The molecule has 36 heavy (non-hydrogen) atoms. The molecule has 1 saturated heterocycles. The number of hydrogen-bond acceptors (Lipinski definition) is 5. The van der Waals surface area contributed by atoms with Crippen LogP contribution in [0.5, 0.6) is 11.5 Å². The quantitative estimate of drug-likeness (QED) is 0.262. The fraction of sp³-hybridized carbons (Fsp3) is 0.267. The van der Waals surface area contributed by atoms with Crippen molar-refractivity contribution in [3.63, 3.8) is 0 Å². The number of anilines is 1. The Morgan fingerprint density at radius 1 is 0.944 bits per heavy atom. The van der Waals surface area contributed by atoms with Crippen LogP contribution in [0.15, 0.2) is 66.2 Å². The zero-order valence-electron chi connectivity index (χ0n) is 21.5. The van der Waals surface area contributed by atoms with E-state index in [0.717, 1.165) is 16.7 Å². The first-order chi connectivity index (χ1) is 17.1. The van der Waals surface area contributed by atoms with Gasteiger partial charge in [-0.15, -0.1) is 0 Å². The molecule has 6 heteroatoms. The van der Waals surface area contributed by atoms with Crippen LogP contribution in [0.4, 0.5) is 5.69 Å². The Balaban J connectivity index is 1.94. The van der Waals surface area contributed by atoms with E-state index in [4.69, 9.17) is 9.47 Å². The van der Waals surface area contributed by atoms with Gasteiger partial charge in [0.2, 0.25) is 0 Å². The highest BCUT2D eigenvalue weighted by Crippen LogP contribution is 2.44. The van der Waals surface area contributed by atoms with Crippen LogP contribution >= 0.6 is 0 Å². The molecule has 0 spiro atoms. The van der Waals surface area contributed by atoms with E-state index in [2.05, 4.69) is 0 Å². The molecule has 3 aromatic rings. The van der Waals surface area contributed by atoms with Gasteiger partial charge >= 0.3 is 0 Å². The average Bonchev–Trinajstić information content (AvgIpc) is 3.11. The average molecular weight is 486 g/mol. The predicted octanol–water partition coefficient (Wildman–Crippen LogP) is 6.03. The lowest BCUT2D eigenvalue weighted by Crippen LogP contribution is -2.30. The monoisotopic (exact) mass is 485 g/mol. The first kappa shape index (κ1) is 25.0. The molecule has 1 aliphatic heterocycles. The summed E-state index contributed by atoms with van der Waals surface area (Å²) in [5.74, 6) is -0.365. The first-order valence-corrected chi connectivity index (χ1v) is 11.9. The number of rotatable bonds is 6. The number of hydrogen-bond donors (Lipinski definition) is 1. The van der Waals surface area contributed by atoms with Crippen molar-refractivity contribution in [3.8, 4) is 11.5 Å². The van der Waals surface area contributed by atoms with Crippen molar-refractivity contribution in [2.45, 2.75) is 46.8 Å². The van der Waals surface area contributed by atoms with Gasteiger partial charge in [0.15, 0.2) is 0 Å². The molecule has 1 unspecified atom stereocenters. The highest BCUT2D eigenvalue weighted by Gasteiger charge is 2.47. The Kier molecular flexibility index (Phi) is 6.88. The number of aryl methyl sites for hydroxylation is 2. The summed E-state index contributed by atoms with van der Waals surface area (Å²) < 4.78 is 11.2. The van der Waals surface area contributed by atoms with Gasteiger partial charge in [-0.05, 0) is 93.3 Å². The second kappa shape index (κ2) is 9.90. The van der Waals surface area contributed by atoms with E-state index >= 15 is 0 Å². The second-order valence-electron chi connectivity index (χ2n) is 9.31. The smallest absolute Gasteiger partial charge is 0.300 e. The summed E-state index contributed by atoms with van der Waals surface area (Å²) in [6.07, 6.45) is -0.000832. The van der Waals surface area contributed by atoms with E-state index in [-0.39, 0.29) is 17.4 Å². The lowest BCUT2D eigenvalue weighted by molar-refractivity contribution is -0.132. The third-order valence-corrected chi connectivity index (χ3v) is 6.50. The van der Waals surface area contributed by atoms with Gasteiger partial charge in [0.05, 0.1) is 24.8 Å². The third kappa shape index (κ3) is 4.47. The molecule has 1 fully saturated rings. The Morgan fingerprint density at radius 2 is 1.67 bits per heavy atom. The molecule has 0 aliphatic carbocycles. The SMILES string of the molecule is COc1cccc(C2/C(=C(\O)c3ccc(OC(C)C)c(C)c3)C(=O)C(=O)N2c2cccc(C)c2C)c1. The second-order valence-corrected chi connectivity index (χ2v) is 9.31. The van der Waals surface area contributed by atoms with Gasteiger partial charge in [0.1, 0.15) is 17.3 Å². The van der Waals surface area contributed by atoms with Crippen LogP contribution in [-0.2, 0) is 9.59 Å². The lowest BCUT2D eigenvalue weighted by atomic mass is 9.94. The molecule has 1 amide bonds. The number of ether oxygens (including phenoxy) is 2. The van der Waals surface area contributed by atoms with Crippen molar-refractivity contribution < 1.29 is 24.2 Å². The maximum absolute atomic E-state index is 13.5. The maximum Gasteiger partial charge on any atom is 0.300 e. The highest BCUT2D eigenvalue weighted by atomic mass is 16.5. The molecule has 1 heterocycles. The number of carbonyl (C=O) groups excluding carboxylic acids is 2. The molecule has 1 atom stereocenters. The number of Topliss-reactive ketones (excluding diaryl/α,β-unsaturated/α-hetero) is 1.